The van der Waals surface area contributed by atoms with E-state index in [1.807, 2.05) is 6.20 Å². The summed E-state index contributed by atoms with van der Waals surface area (Å²) < 4.78 is 5.93. The third kappa shape index (κ3) is 2.36. The first-order valence-electron chi connectivity index (χ1n) is 6.08. The van der Waals surface area contributed by atoms with E-state index in [1.165, 1.54) is 0 Å². The maximum atomic E-state index is 5.93. The van der Waals surface area contributed by atoms with Gasteiger partial charge in [0.2, 0.25) is 0 Å². The van der Waals surface area contributed by atoms with E-state index in [9.17, 15) is 0 Å². The van der Waals surface area contributed by atoms with Gasteiger partial charge >= 0.3 is 0 Å². The molecule has 0 fully saturated rings. The van der Waals surface area contributed by atoms with Gasteiger partial charge in [0.05, 0.1) is 0 Å². The molecule has 92 valence electrons. The van der Waals surface area contributed by atoms with E-state index in [0.717, 1.165) is 22.4 Å². The van der Waals surface area contributed by atoms with E-state index in [1.54, 1.807) is 0 Å². The highest BCUT2D eigenvalue weighted by Gasteiger charge is 2.21. The van der Waals surface area contributed by atoms with Crippen LogP contribution in [-0.2, 0) is 10.8 Å². The van der Waals surface area contributed by atoms with Crippen LogP contribution in [0.2, 0.25) is 0 Å². The zero-order valence-electron chi connectivity index (χ0n) is 11.6. The van der Waals surface area contributed by atoms with Gasteiger partial charge in [-0.25, -0.2) is 0 Å². The summed E-state index contributed by atoms with van der Waals surface area (Å²) in [5.41, 5.74) is 2.11. The molecule has 0 amide bonds. The van der Waals surface area contributed by atoms with Crippen molar-refractivity contribution in [3.63, 3.8) is 0 Å². The number of nitrogens with zero attached hydrogens (tertiary/aromatic N) is 1. The second-order valence-corrected chi connectivity index (χ2v) is 6.72. The molecule has 2 heteroatoms. The van der Waals surface area contributed by atoms with Crippen LogP contribution in [0, 0.1) is 0 Å². The molecule has 0 aliphatic rings. The van der Waals surface area contributed by atoms with Crippen molar-refractivity contribution >= 4 is 11.0 Å². The molecule has 0 bridgehead atoms. The van der Waals surface area contributed by atoms with Crippen molar-refractivity contribution in [2.45, 2.75) is 52.4 Å². The smallest absolute Gasteiger partial charge is 0.137 e. The van der Waals surface area contributed by atoms with E-state index in [2.05, 4.69) is 58.7 Å². The zero-order valence-corrected chi connectivity index (χ0v) is 11.6. The van der Waals surface area contributed by atoms with Gasteiger partial charge in [-0.1, -0.05) is 41.5 Å². The molecule has 0 atom stereocenters. The van der Waals surface area contributed by atoms with Crippen molar-refractivity contribution in [2.24, 2.45) is 0 Å². The summed E-state index contributed by atoms with van der Waals surface area (Å²) in [6, 6.07) is 4.15. The summed E-state index contributed by atoms with van der Waals surface area (Å²) in [5.74, 6) is 1.01. The number of hydrogen-bond donors (Lipinski definition) is 0. The molecule has 0 saturated heterocycles. The van der Waals surface area contributed by atoms with Gasteiger partial charge in [0, 0.05) is 34.2 Å². The second kappa shape index (κ2) is 3.59. The SMILES string of the molecule is CC(C)(C)c1cc2oc(C(C)(C)C)cc2cn1. The lowest BCUT2D eigenvalue weighted by Crippen LogP contribution is -2.12. The molecule has 0 saturated carbocycles. The van der Waals surface area contributed by atoms with Crippen LogP contribution < -0.4 is 0 Å². The van der Waals surface area contributed by atoms with Crippen molar-refractivity contribution in [2.75, 3.05) is 0 Å². The number of hydrogen-bond acceptors (Lipinski definition) is 2. The average molecular weight is 231 g/mol. The molecule has 0 N–H and O–H groups in total. The predicted octanol–water partition coefficient (Wildman–Crippen LogP) is 4.42. The summed E-state index contributed by atoms with van der Waals surface area (Å²) >= 11 is 0. The maximum Gasteiger partial charge on any atom is 0.137 e. The van der Waals surface area contributed by atoms with Crippen molar-refractivity contribution in [3.8, 4) is 0 Å². The Morgan fingerprint density at radius 1 is 0.941 bits per heavy atom. The van der Waals surface area contributed by atoms with Crippen LogP contribution in [-0.4, -0.2) is 4.98 Å². The summed E-state index contributed by atoms with van der Waals surface area (Å²) in [4.78, 5) is 4.51. The fourth-order valence-electron chi connectivity index (χ4n) is 1.71. The lowest BCUT2D eigenvalue weighted by atomic mass is 9.91. The zero-order chi connectivity index (χ0) is 12.8. The second-order valence-electron chi connectivity index (χ2n) is 6.72. The number of furan rings is 1. The van der Waals surface area contributed by atoms with Crippen molar-refractivity contribution < 1.29 is 4.42 Å². The summed E-state index contributed by atoms with van der Waals surface area (Å²) in [6.45, 7) is 13.0. The van der Waals surface area contributed by atoms with E-state index in [-0.39, 0.29) is 10.8 Å². The summed E-state index contributed by atoms with van der Waals surface area (Å²) in [7, 11) is 0. The van der Waals surface area contributed by atoms with Crippen LogP contribution in [0.3, 0.4) is 0 Å². The molecule has 2 aromatic heterocycles. The number of fused-ring (bicyclic) bond motifs is 1. The Morgan fingerprint density at radius 3 is 2.12 bits per heavy atom. The first kappa shape index (κ1) is 12.2. The van der Waals surface area contributed by atoms with Gasteiger partial charge in [0.15, 0.2) is 0 Å². The molecule has 0 aliphatic carbocycles. The van der Waals surface area contributed by atoms with E-state index in [4.69, 9.17) is 4.42 Å². The van der Waals surface area contributed by atoms with E-state index >= 15 is 0 Å². The third-order valence-electron chi connectivity index (χ3n) is 2.91. The summed E-state index contributed by atoms with van der Waals surface area (Å²) in [5, 5.41) is 1.09. The Bertz CT molecular complexity index is 526. The van der Waals surface area contributed by atoms with Crippen LogP contribution in [0.15, 0.2) is 22.7 Å². The Balaban J connectivity index is 2.56. The van der Waals surface area contributed by atoms with E-state index < -0.39 is 0 Å². The maximum absolute atomic E-state index is 5.93. The molecule has 2 rings (SSSR count). The minimum Gasteiger partial charge on any atom is -0.460 e. The van der Waals surface area contributed by atoms with Gasteiger partial charge in [-0.2, -0.15) is 0 Å². The first-order chi connectivity index (χ1) is 7.68. The van der Waals surface area contributed by atoms with Crippen LogP contribution in [0.5, 0.6) is 0 Å². The number of pyridine rings is 1. The Morgan fingerprint density at radius 2 is 1.59 bits per heavy atom. The molecule has 2 heterocycles. The van der Waals surface area contributed by atoms with Crippen molar-refractivity contribution in [3.05, 3.63) is 29.8 Å². The molecular formula is C15H21NO. The Kier molecular flexibility index (Phi) is 2.57. The standard InChI is InChI=1S/C15H21NO/c1-14(2,3)12-8-11-10(9-16-12)7-13(17-11)15(4,5)6/h7-9H,1-6H3. The highest BCUT2D eigenvalue weighted by Crippen LogP contribution is 2.30. The molecule has 0 unspecified atom stereocenters. The highest BCUT2D eigenvalue weighted by molar-refractivity contribution is 5.77. The number of aromatic nitrogens is 1. The average Bonchev–Trinajstić information content (AvgIpc) is 2.57. The van der Waals surface area contributed by atoms with Crippen molar-refractivity contribution in [1.29, 1.82) is 0 Å². The molecule has 0 aliphatic heterocycles. The minimum atomic E-state index is 0.0426. The van der Waals surface area contributed by atoms with E-state index in [0.29, 0.717) is 0 Å². The topological polar surface area (TPSA) is 26.0 Å². The molecule has 2 aromatic rings. The molecule has 2 nitrogen and oxygen atoms in total. The lowest BCUT2D eigenvalue weighted by molar-refractivity contribution is 0.429. The normalized spacial score (nSPS) is 13.3. The minimum absolute atomic E-state index is 0.0426. The fourth-order valence-corrected chi connectivity index (χ4v) is 1.71. The Labute approximate surface area is 103 Å². The first-order valence-corrected chi connectivity index (χ1v) is 6.08. The lowest BCUT2D eigenvalue weighted by Gasteiger charge is -2.16. The van der Waals surface area contributed by atoms with Crippen molar-refractivity contribution in [1.82, 2.24) is 4.98 Å². The van der Waals surface area contributed by atoms with Gasteiger partial charge in [0.1, 0.15) is 11.3 Å². The van der Waals surface area contributed by atoms with Crippen LogP contribution in [0.4, 0.5) is 0 Å². The molecule has 17 heavy (non-hydrogen) atoms. The highest BCUT2D eigenvalue weighted by atomic mass is 16.3. The van der Waals surface area contributed by atoms with Crippen LogP contribution in [0.1, 0.15) is 53.0 Å². The molecule has 0 spiro atoms. The van der Waals surface area contributed by atoms with Gasteiger partial charge in [-0.3, -0.25) is 4.98 Å². The van der Waals surface area contributed by atoms with Gasteiger partial charge in [-0.05, 0) is 6.07 Å². The molecular weight excluding hydrogens is 210 g/mol. The quantitative estimate of drug-likeness (QED) is 0.670. The predicted molar refractivity (Wildman–Crippen MR) is 71.4 cm³/mol. The molecule has 0 aromatic carbocycles. The Hall–Kier alpha value is -1.31. The van der Waals surface area contributed by atoms with Crippen LogP contribution in [0.25, 0.3) is 11.0 Å². The molecule has 0 radical (unpaired) electrons. The van der Waals surface area contributed by atoms with Crippen LogP contribution >= 0.6 is 0 Å². The van der Waals surface area contributed by atoms with Gasteiger partial charge in [-0.15, -0.1) is 0 Å². The van der Waals surface area contributed by atoms with Gasteiger partial charge in [0.25, 0.3) is 0 Å². The van der Waals surface area contributed by atoms with Gasteiger partial charge < -0.3 is 4.42 Å². The third-order valence-corrected chi connectivity index (χ3v) is 2.91. The summed E-state index contributed by atoms with van der Waals surface area (Å²) in [6.07, 6.45) is 1.91. The monoisotopic (exact) mass is 231 g/mol. The fraction of sp³-hybridized carbons (Fsp3) is 0.533. The number of rotatable bonds is 0. The largest absolute Gasteiger partial charge is 0.460 e.